The van der Waals surface area contributed by atoms with E-state index in [9.17, 15) is 19.8 Å². The van der Waals surface area contributed by atoms with Crippen LogP contribution >= 0.6 is 0 Å². The fraction of sp³-hybridized carbons (Fsp3) is 0.625. The Morgan fingerprint density at radius 2 is 1.00 bits per heavy atom. The number of aliphatic hydroxyl groups is 2. The highest BCUT2D eigenvalue weighted by atomic mass is 16.3. The molecular weight excluding hydrogens is 448 g/mol. The summed E-state index contributed by atoms with van der Waals surface area (Å²) in [5.41, 5.74) is 2.10. The Balaban J connectivity index is 2.15. The Bertz CT molecular complexity index is 913. The molecule has 0 aromatic carbocycles. The van der Waals surface area contributed by atoms with Crippen molar-refractivity contribution < 1.29 is 19.8 Å². The molecule has 2 aliphatic carbocycles. The van der Waals surface area contributed by atoms with Gasteiger partial charge in [0.1, 0.15) is 0 Å². The standard InChI is InChI=1S/C32H48O4/c1-29(2,21-33)15-9-11-23-17-31(5,6)19-25(27(23)35)13-14-26-20-32(7,8)18-24(28(26)36)12-10-16-30(3,4)22-34/h13-14,17-20,33-34H,9-12,15-16,21-22H2,1-8H3/b14-13+. The molecule has 0 saturated carbocycles. The van der Waals surface area contributed by atoms with E-state index in [1.165, 1.54) is 0 Å². The Hall–Kier alpha value is -2.04. The summed E-state index contributed by atoms with van der Waals surface area (Å²) in [4.78, 5) is 26.5. The SMILES string of the molecule is CC1(C)C=C(/C=C/C2=CC(C)(C)C=C(CCCC(C)(C)CO)C2=O)C(=O)C(CCCC(C)(C)CO)=C1. The van der Waals surface area contributed by atoms with Crippen LogP contribution in [0.3, 0.4) is 0 Å². The van der Waals surface area contributed by atoms with Gasteiger partial charge in [0.25, 0.3) is 0 Å². The average molecular weight is 497 g/mol. The number of hydrogen-bond acceptors (Lipinski definition) is 4. The van der Waals surface area contributed by atoms with E-state index in [1.807, 2.05) is 52.0 Å². The minimum absolute atomic E-state index is 0.0255. The van der Waals surface area contributed by atoms with Crippen molar-refractivity contribution in [3.63, 3.8) is 0 Å². The van der Waals surface area contributed by atoms with E-state index >= 15 is 0 Å². The first-order chi connectivity index (χ1) is 16.5. The molecule has 2 N–H and O–H groups in total. The van der Waals surface area contributed by atoms with E-state index in [0.717, 1.165) is 36.8 Å². The maximum Gasteiger partial charge on any atom is 0.188 e. The first-order valence-corrected chi connectivity index (χ1v) is 13.4. The predicted molar refractivity (Wildman–Crippen MR) is 148 cm³/mol. The highest BCUT2D eigenvalue weighted by Crippen LogP contribution is 2.36. The second kappa shape index (κ2) is 11.6. The van der Waals surface area contributed by atoms with Crippen LogP contribution in [-0.4, -0.2) is 35.0 Å². The molecule has 0 radical (unpaired) electrons. The Labute approximate surface area is 219 Å². The van der Waals surface area contributed by atoms with Crippen LogP contribution < -0.4 is 0 Å². The molecule has 0 heterocycles. The maximum absolute atomic E-state index is 13.3. The molecule has 0 bridgehead atoms. The second-order valence-corrected chi connectivity index (χ2v) is 13.5. The van der Waals surface area contributed by atoms with E-state index in [4.69, 9.17) is 0 Å². The Morgan fingerprint density at radius 1 is 0.667 bits per heavy atom. The van der Waals surface area contributed by atoms with Gasteiger partial charge in [-0.15, -0.1) is 0 Å². The van der Waals surface area contributed by atoms with Crippen LogP contribution in [0.2, 0.25) is 0 Å². The van der Waals surface area contributed by atoms with E-state index in [2.05, 4.69) is 39.8 Å². The van der Waals surface area contributed by atoms with Gasteiger partial charge in [0, 0.05) is 35.2 Å². The van der Waals surface area contributed by atoms with Crippen LogP contribution in [0.25, 0.3) is 0 Å². The van der Waals surface area contributed by atoms with Crippen molar-refractivity contribution in [1.29, 1.82) is 0 Å². The van der Waals surface area contributed by atoms with Gasteiger partial charge < -0.3 is 10.2 Å². The van der Waals surface area contributed by atoms with Crippen LogP contribution in [-0.2, 0) is 9.59 Å². The van der Waals surface area contributed by atoms with E-state index in [1.54, 1.807) is 0 Å². The number of hydrogen-bond donors (Lipinski definition) is 2. The van der Waals surface area contributed by atoms with Crippen molar-refractivity contribution in [3.05, 3.63) is 58.7 Å². The largest absolute Gasteiger partial charge is 0.396 e. The van der Waals surface area contributed by atoms with Crippen LogP contribution in [0, 0.1) is 21.7 Å². The molecule has 0 saturated heterocycles. The highest BCUT2D eigenvalue weighted by molar-refractivity contribution is 6.13. The number of carbonyl (C=O) groups excluding carboxylic acids is 2. The van der Waals surface area contributed by atoms with Crippen molar-refractivity contribution in [3.8, 4) is 0 Å². The summed E-state index contributed by atoms with van der Waals surface area (Å²) in [7, 11) is 0. The maximum atomic E-state index is 13.3. The second-order valence-electron chi connectivity index (χ2n) is 13.5. The van der Waals surface area contributed by atoms with Crippen molar-refractivity contribution in [1.82, 2.24) is 0 Å². The molecule has 0 unspecified atom stereocenters. The number of allylic oxidation sites excluding steroid dienone is 10. The third-order valence-electron chi connectivity index (χ3n) is 7.15. The summed E-state index contributed by atoms with van der Waals surface area (Å²) < 4.78 is 0. The van der Waals surface area contributed by atoms with Gasteiger partial charge in [-0.2, -0.15) is 0 Å². The lowest BCUT2D eigenvalue weighted by molar-refractivity contribution is -0.113. The fourth-order valence-electron chi connectivity index (χ4n) is 4.89. The van der Waals surface area contributed by atoms with Gasteiger partial charge in [-0.05, 0) is 60.5 Å². The van der Waals surface area contributed by atoms with Crippen LogP contribution in [0.1, 0.15) is 93.9 Å². The van der Waals surface area contributed by atoms with Crippen LogP contribution in [0.4, 0.5) is 0 Å². The first kappa shape index (κ1) is 30.2. The zero-order valence-corrected chi connectivity index (χ0v) is 23.8. The number of ketones is 2. The number of Topliss-reactive ketones (excluding diaryl/α,β-unsaturated/α-hetero) is 2. The lowest BCUT2D eigenvalue weighted by Crippen LogP contribution is -2.21. The minimum atomic E-state index is -0.246. The molecule has 0 amide bonds. The molecule has 0 aromatic rings. The lowest BCUT2D eigenvalue weighted by Gasteiger charge is -2.27. The van der Waals surface area contributed by atoms with Gasteiger partial charge in [-0.25, -0.2) is 0 Å². The number of rotatable bonds is 12. The Kier molecular flexibility index (Phi) is 9.70. The molecule has 4 nitrogen and oxygen atoms in total. The van der Waals surface area contributed by atoms with Gasteiger partial charge in [-0.3, -0.25) is 9.59 Å². The summed E-state index contributed by atoms with van der Waals surface area (Å²) >= 11 is 0. The average Bonchev–Trinajstić information content (AvgIpc) is 2.76. The summed E-state index contributed by atoms with van der Waals surface area (Å²) in [6, 6.07) is 0. The zero-order valence-electron chi connectivity index (χ0n) is 23.8. The summed E-state index contributed by atoms with van der Waals surface area (Å²) in [6.07, 6.45) is 16.5. The smallest absolute Gasteiger partial charge is 0.188 e. The molecule has 2 aliphatic rings. The zero-order chi connectivity index (χ0) is 27.4. The highest BCUT2D eigenvalue weighted by Gasteiger charge is 2.29. The fourth-order valence-corrected chi connectivity index (χ4v) is 4.89. The number of aliphatic hydroxyl groups excluding tert-OH is 2. The molecule has 0 atom stereocenters. The van der Waals surface area contributed by atoms with Crippen LogP contribution in [0.5, 0.6) is 0 Å². The molecule has 0 aliphatic heterocycles. The minimum Gasteiger partial charge on any atom is -0.396 e. The number of carbonyl (C=O) groups is 2. The summed E-state index contributed by atoms with van der Waals surface area (Å²) in [5, 5.41) is 19.1. The van der Waals surface area contributed by atoms with E-state index < -0.39 is 0 Å². The van der Waals surface area contributed by atoms with E-state index in [0.29, 0.717) is 24.0 Å². The molecule has 200 valence electrons. The lowest BCUT2D eigenvalue weighted by atomic mass is 9.77. The van der Waals surface area contributed by atoms with Crippen LogP contribution in [0.15, 0.2) is 58.7 Å². The van der Waals surface area contributed by atoms with Gasteiger partial charge in [0.05, 0.1) is 0 Å². The van der Waals surface area contributed by atoms with Crippen molar-refractivity contribution in [2.24, 2.45) is 21.7 Å². The van der Waals surface area contributed by atoms with Gasteiger partial charge in [0.15, 0.2) is 11.6 Å². The van der Waals surface area contributed by atoms with E-state index in [-0.39, 0.29) is 46.4 Å². The molecule has 0 spiro atoms. The molecule has 2 rings (SSSR count). The quantitative estimate of drug-likeness (QED) is 0.310. The normalized spacial score (nSPS) is 20.3. The van der Waals surface area contributed by atoms with Gasteiger partial charge in [0.2, 0.25) is 0 Å². The molecule has 0 aromatic heterocycles. The molecule has 0 fully saturated rings. The third kappa shape index (κ3) is 8.81. The van der Waals surface area contributed by atoms with Crippen molar-refractivity contribution in [2.45, 2.75) is 93.9 Å². The molecular formula is C32H48O4. The summed E-state index contributed by atoms with van der Waals surface area (Å²) in [6.45, 7) is 16.8. The monoisotopic (exact) mass is 496 g/mol. The van der Waals surface area contributed by atoms with Gasteiger partial charge >= 0.3 is 0 Å². The third-order valence-corrected chi connectivity index (χ3v) is 7.15. The molecule has 4 heteroatoms. The van der Waals surface area contributed by atoms with Gasteiger partial charge in [-0.1, -0.05) is 91.8 Å². The van der Waals surface area contributed by atoms with Crippen molar-refractivity contribution >= 4 is 11.6 Å². The predicted octanol–water partition coefficient (Wildman–Crippen LogP) is 6.84. The summed E-state index contributed by atoms with van der Waals surface area (Å²) in [5.74, 6) is 0.0509. The molecule has 36 heavy (non-hydrogen) atoms. The van der Waals surface area contributed by atoms with Crippen molar-refractivity contribution in [2.75, 3.05) is 13.2 Å². The first-order valence-electron chi connectivity index (χ1n) is 13.4. The Morgan fingerprint density at radius 3 is 1.31 bits per heavy atom. The topological polar surface area (TPSA) is 74.6 Å².